The van der Waals surface area contributed by atoms with Crippen molar-refractivity contribution in [3.05, 3.63) is 77.9 Å². The minimum Gasteiger partial charge on any atom is -0.385 e. The molecule has 0 fully saturated rings. The number of hydrogen-bond acceptors (Lipinski definition) is 4. The summed E-state index contributed by atoms with van der Waals surface area (Å²) in [6.45, 7) is 3.92. The van der Waals surface area contributed by atoms with Crippen LogP contribution in [-0.4, -0.2) is 38.7 Å². The summed E-state index contributed by atoms with van der Waals surface area (Å²) in [6.07, 6.45) is 1.57. The van der Waals surface area contributed by atoms with Gasteiger partial charge < -0.3 is 14.8 Å². The molecule has 0 bridgehead atoms. The van der Waals surface area contributed by atoms with Gasteiger partial charge in [-0.25, -0.2) is 0 Å². The molecule has 0 saturated carbocycles. The molecule has 1 amide bonds. The lowest BCUT2D eigenvalue weighted by atomic mass is 10.1. The molecule has 0 aliphatic carbocycles. The molecule has 6 nitrogen and oxygen atoms in total. The van der Waals surface area contributed by atoms with Gasteiger partial charge in [0.15, 0.2) is 5.82 Å². The zero-order valence-electron chi connectivity index (χ0n) is 16.1. The van der Waals surface area contributed by atoms with Crippen molar-refractivity contribution in [1.29, 1.82) is 0 Å². The Morgan fingerprint density at radius 3 is 2.46 bits per heavy atom. The predicted octanol–water partition coefficient (Wildman–Crippen LogP) is 3.08. The number of carbonyl (C=O) groups excluding carboxylic acids is 1. The number of benzene rings is 2. The molecular formula is C22H25N5O. The molecule has 0 radical (unpaired) electrons. The third-order valence-electron chi connectivity index (χ3n) is 5.19. The van der Waals surface area contributed by atoms with Crippen molar-refractivity contribution in [1.82, 2.24) is 19.7 Å². The third-order valence-corrected chi connectivity index (χ3v) is 5.19. The van der Waals surface area contributed by atoms with Crippen LogP contribution in [0.15, 0.2) is 60.7 Å². The fourth-order valence-corrected chi connectivity index (χ4v) is 3.68. The molecule has 1 N–H and O–H groups in total. The van der Waals surface area contributed by atoms with E-state index in [9.17, 15) is 4.79 Å². The Morgan fingerprint density at radius 2 is 1.71 bits per heavy atom. The Hall–Kier alpha value is -3.15. The van der Waals surface area contributed by atoms with Crippen LogP contribution in [0.5, 0.6) is 0 Å². The number of fused-ring (bicyclic) bond motifs is 1. The summed E-state index contributed by atoms with van der Waals surface area (Å²) in [5.41, 5.74) is 2.32. The van der Waals surface area contributed by atoms with Gasteiger partial charge in [-0.05, 0) is 31.0 Å². The topological polar surface area (TPSA) is 63.1 Å². The molecule has 0 saturated heterocycles. The molecule has 4 rings (SSSR count). The van der Waals surface area contributed by atoms with Crippen LogP contribution in [0.3, 0.4) is 0 Å². The molecule has 28 heavy (non-hydrogen) atoms. The molecule has 1 aliphatic heterocycles. The van der Waals surface area contributed by atoms with Crippen LogP contribution in [0, 0.1) is 0 Å². The number of nitrogens with one attached hydrogen (secondary N) is 1. The molecular weight excluding hydrogens is 350 g/mol. The monoisotopic (exact) mass is 375 g/mol. The highest BCUT2D eigenvalue weighted by Gasteiger charge is 2.32. The number of amides is 1. The van der Waals surface area contributed by atoms with E-state index in [1.54, 1.807) is 0 Å². The first-order valence-electron chi connectivity index (χ1n) is 9.76. The second kappa shape index (κ2) is 8.25. The minimum absolute atomic E-state index is 0.139. The maximum absolute atomic E-state index is 12.9. The quantitative estimate of drug-likeness (QED) is 0.689. The lowest BCUT2D eigenvalue weighted by Crippen LogP contribution is -2.43. The molecule has 2 aromatic carbocycles. The van der Waals surface area contributed by atoms with Crippen LogP contribution >= 0.6 is 0 Å². The van der Waals surface area contributed by atoms with E-state index in [0.29, 0.717) is 13.1 Å². The van der Waals surface area contributed by atoms with Crippen LogP contribution in [-0.2, 0) is 24.2 Å². The first kappa shape index (κ1) is 18.2. The second-order valence-electron chi connectivity index (χ2n) is 7.12. The number of rotatable bonds is 7. The third kappa shape index (κ3) is 3.91. The van der Waals surface area contributed by atoms with Crippen molar-refractivity contribution in [2.75, 3.05) is 18.4 Å². The number of nitrogens with zero attached hydrogens (tertiary/aromatic N) is 4. The smallest absolute Gasteiger partial charge is 0.245 e. The van der Waals surface area contributed by atoms with Crippen molar-refractivity contribution in [3.8, 4) is 0 Å². The highest BCUT2D eigenvalue weighted by molar-refractivity contribution is 5.81. The molecule has 0 spiro atoms. The molecule has 2 heterocycles. The van der Waals surface area contributed by atoms with E-state index in [0.717, 1.165) is 36.7 Å². The Bertz CT molecular complexity index is 923. The largest absolute Gasteiger partial charge is 0.385 e. The highest BCUT2D eigenvalue weighted by atomic mass is 16.2. The molecule has 1 atom stereocenters. The number of aromatic nitrogens is 3. The average molecular weight is 375 g/mol. The Kier molecular flexibility index (Phi) is 5.37. The summed E-state index contributed by atoms with van der Waals surface area (Å²) in [5, 5.41) is 12.1. The van der Waals surface area contributed by atoms with E-state index in [-0.39, 0.29) is 11.9 Å². The molecule has 0 unspecified atom stereocenters. The van der Waals surface area contributed by atoms with Crippen LogP contribution < -0.4 is 5.32 Å². The van der Waals surface area contributed by atoms with E-state index in [1.807, 2.05) is 64.9 Å². The Balaban J connectivity index is 1.39. The summed E-state index contributed by atoms with van der Waals surface area (Å²) in [7, 11) is 0. The maximum atomic E-state index is 12.9. The SMILES string of the molecule is C[C@@H]1C(=O)N(CCc2ccccc2)Cc2nnc(CCNc3ccccc3)n21. The average Bonchev–Trinajstić information content (AvgIpc) is 3.14. The number of carbonyl (C=O) groups is 1. The van der Waals surface area contributed by atoms with Crippen LogP contribution in [0.4, 0.5) is 5.69 Å². The van der Waals surface area contributed by atoms with Gasteiger partial charge in [-0.1, -0.05) is 48.5 Å². The predicted molar refractivity (Wildman–Crippen MR) is 109 cm³/mol. The fraction of sp³-hybridized carbons (Fsp3) is 0.318. The zero-order chi connectivity index (χ0) is 19.3. The molecule has 1 aromatic heterocycles. The summed E-state index contributed by atoms with van der Waals surface area (Å²) >= 11 is 0. The van der Waals surface area contributed by atoms with Gasteiger partial charge in [0.1, 0.15) is 11.9 Å². The van der Waals surface area contributed by atoms with Crippen LogP contribution in [0.2, 0.25) is 0 Å². The maximum Gasteiger partial charge on any atom is 0.245 e. The number of para-hydroxylation sites is 1. The summed E-state index contributed by atoms with van der Waals surface area (Å²) in [6, 6.07) is 20.1. The van der Waals surface area contributed by atoms with Gasteiger partial charge in [-0.2, -0.15) is 0 Å². The van der Waals surface area contributed by atoms with Crippen molar-refractivity contribution >= 4 is 11.6 Å². The number of anilines is 1. The standard InChI is InChI=1S/C22H25N5O/c1-17-22(28)26(15-13-18-8-4-2-5-9-18)16-21-25-24-20(27(17)21)12-14-23-19-10-6-3-7-11-19/h2-11,17,23H,12-16H2,1H3/t17-/m1/s1. The molecule has 1 aliphatic rings. The van der Waals surface area contributed by atoms with E-state index in [4.69, 9.17) is 0 Å². The van der Waals surface area contributed by atoms with Crippen LogP contribution in [0.25, 0.3) is 0 Å². The van der Waals surface area contributed by atoms with E-state index in [2.05, 4.69) is 27.6 Å². The molecule has 144 valence electrons. The van der Waals surface area contributed by atoms with Crippen molar-refractivity contribution < 1.29 is 4.79 Å². The first-order valence-corrected chi connectivity index (χ1v) is 9.76. The van der Waals surface area contributed by atoms with Crippen LogP contribution in [0.1, 0.15) is 30.2 Å². The normalized spacial score (nSPS) is 16.1. The second-order valence-corrected chi connectivity index (χ2v) is 7.12. The Labute approximate surface area is 165 Å². The number of hydrogen-bond donors (Lipinski definition) is 1. The van der Waals surface area contributed by atoms with Crippen molar-refractivity contribution in [3.63, 3.8) is 0 Å². The fourth-order valence-electron chi connectivity index (χ4n) is 3.68. The van der Waals surface area contributed by atoms with E-state index >= 15 is 0 Å². The zero-order valence-corrected chi connectivity index (χ0v) is 16.1. The highest BCUT2D eigenvalue weighted by Crippen LogP contribution is 2.23. The summed E-state index contributed by atoms with van der Waals surface area (Å²) < 4.78 is 2.01. The van der Waals surface area contributed by atoms with Gasteiger partial charge in [0.25, 0.3) is 0 Å². The summed E-state index contributed by atoms with van der Waals surface area (Å²) in [5.74, 6) is 1.87. The van der Waals surface area contributed by atoms with Gasteiger partial charge in [0.2, 0.25) is 5.91 Å². The van der Waals surface area contributed by atoms with Crippen molar-refractivity contribution in [2.24, 2.45) is 0 Å². The van der Waals surface area contributed by atoms with E-state index < -0.39 is 0 Å². The Morgan fingerprint density at radius 1 is 1.00 bits per heavy atom. The lowest BCUT2D eigenvalue weighted by Gasteiger charge is -2.32. The summed E-state index contributed by atoms with van der Waals surface area (Å²) in [4.78, 5) is 14.8. The van der Waals surface area contributed by atoms with Gasteiger partial charge in [-0.3, -0.25) is 4.79 Å². The lowest BCUT2D eigenvalue weighted by molar-refractivity contribution is -0.137. The first-order chi connectivity index (χ1) is 13.7. The van der Waals surface area contributed by atoms with Crippen molar-refractivity contribution in [2.45, 2.75) is 32.4 Å². The van der Waals surface area contributed by atoms with Gasteiger partial charge in [-0.15, -0.1) is 10.2 Å². The van der Waals surface area contributed by atoms with E-state index in [1.165, 1.54) is 5.56 Å². The van der Waals surface area contributed by atoms with Gasteiger partial charge in [0, 0.05) is 25.2 Å². The molecule has 6 heteroatoms. The molecule has 3 aromatic rings. The minimum atomic E-state index is -0.263. The van der Waals surface area contributed by atoms with Gasteiger partial charge in [0.05, 0.1) is 6.54 Å². The van der Waals surface area contributed by atoms with Gasteiger partial charge >= 0.3 is 0 Å².